The van der Waals surface area contributed by atoms with Crippen molar-refractivity contribution >= 4 is 17.0 Å². The van der Waals surface area contributed by atoms with E-state index in [0.717, 1.165) is 30.4 Å². The van der Waals surface area contributed by atoms with Crippen LogP contribution in [0, 0.1) is 5.92 Å². The van der Waals surface area contributed by atoms with Crippen molar-refractivity contribution in [2.45, 2.75) is 25.7 Å². The fourth-order valence-corrected chi connectivity index (χ4v) is 2.20. The number of hydrogen-bond acceptors (Lipinski definition) is 3. The second-order valence-corrected chi connectivity index (χ2v) is 4.82. The molecule has 1 aromatic carbocycles. The third-order valence-electron chi connectivity index (χ3n) is 3.58. The summed E-state index contributed by atoms with van der Waals surface area (Å²) in [5, 5.41) is 2.99. The topological polar surface area (TPSA) is 55.1 Å². The van der Waals surface area contributed by atoms with Crippen LogP contribution in [0.1, 0.15) is 24.8 Å². The van der Waals surface area contributed by atoms with Gasteiger partial charge >= 0.3 is 0 Å². The maximum atomic E-state index is 11.6. The Labute approximate surface area is 105 Å². The highest BCUT2D eigenvalue weighted by Crippen LogP contribution is 2.26. The van der Waals surface area contributed by atoms with Gasteiger partial charge in [0, 0.05) is 12.5 Å². The van der Waals surface area contributed by atoms with Gasteiger partial charge in [-0.05, 0) is 37.0 Å². The van der Waals surface area contributed by atoms with Gasteiger partial charge in [-0.15, -0.1) is 0 Å². The van der Waals surface area contributed by atoms with Crippen molar-refractivity contribution < 1.29 is 9.21 Å². The summed E-state index contributed by atoms with van der Waals surface area (Å²) < 4.78 is 5.19. The number of fused-ring (bicyclic) bond motifs is 1. The van der Waals surface area contributed by atoms with Gasteiger partial charge in [0.1, 0.15) is 5.52 Å². The lowest BCUT2D eigenvalue weighted by molar-refractivity contribution is -0.127. The molecule has 1 fully saturated rings. The van der Waals surface area contributed by atoms with E-state index < -0.39 is 0 Å². The molecule has 18 heavy (non-hydrogen) atoms. The first-order chi connectivity index (χ1) is 8.83. The van der Waals surface area contributed by atoms with E-state index in [9.17, 15) is 4.79 Å². The molecule has 0 unspecified atom stereocenters. The van der Waals surface area contributed by atoms with Gasteiger partial charge in [-0.2, -0.15) is 0 Å². The number of aromatic nitrogens is 1. The molecular weight excluding hydrogens is 228 g/mol. The number of nitrogens with zero attached hydrogens (tertiary/aromatic N) is 1. The zero-order valence-electron chi connectivity index (χ0n) is 10.2. The van der Waals surface area contributed by atoms with Gasteiger partial charge in [-0.25, -0.2) is 4.98 Å². The zero-order chi connectivity index (χ0) is 12.4. The Morgan fingerprint density at radius 1 is 1.44 bits per heavy atom. The minimum absolute atomic E-state index is 0.212. The van der Waals surface area contributed by atoms with E-state index in [2.05, 4.69) is 10.3 Å². The number of hydrogen-bond donors (Lipinski definition) is 1. The molecule has 2 aromatic rings. The van der Waals surface area contributed by atoms with Crippen LogP contribution < -0.4 is 5.32 Å². The molecule has 0 atom stereocenters. The summed E-state index contributed by atoms with van der Waals surface area (Å²) in [5.74, 6) is 0.479. The molecule has 0 radical (unpaired) electrons. The number of amides is 1. The van der Waals surface area contributed by atoms with Crippen LogP contribution in [0.3, 0.4) is 0 Å². The van der Waals surface area contributed by atoms with E-state index in [4.69, 9.17) is 4.42 Å². The second-order valence-electron chi connectivity index (χ2n) is 4.82. The van der Waals surface area contributed by atoms with Crippen LogP contribution in [0.15, 0.2) is 29.0 Å². The van der Waals surface area contributed by atoms with E-state index in [-0.39, 0.29) is 11.8 Å². The van der Waals surface area contributed by atoms with Crippen molar-refractivity contribution in [3.05, 3.63) is 30.2 Å². The van der Waals surface area contributed by atoms with E-state index in [0.29, 0.717) is 6.54 Å². The Kier molecular flexibility index (Phi) is 3.00. The average Bonchev–Trinajstić information content (AvgIpc) is 2.73. The molecule has 1 aromatic heterocycles. The number of rotatable bonds is 4. The Bertz CT molecular complexity index is 558. The van der Waals surface area contributed by atoms with Crippen molar-refractivity contribution in [2.24, 2.45) is 5.92 Å². The largest absolute Gasteiger partial charge is 0.443 e. The molecule has 1 aliphatic carbocycles. The zero-order valence-corrected chi connectivity index (χ0v) is 10.2. The molecular formula is C14H16N2O2. The van der Waals surface area contributed by atoms with E-state index in [1.165, 1.54) is 18.4 Å². The number of carbonyl (C=O) groups is 1. The molecule has 0 saturated heterocycles. The van der Waals surface area contributed by atoms with Crippen LogP contribution in [-0.4, -0.2) is 17.4 Å². The quantitative estimate of drug-likeness (QED) is 0.897. The van der Waals surface area contributed by atoms with Crippen LogP contribution >= 0.6 is 0 Å². The third kappa shape index (κ3) is 2.23. The van der Waals surface area contributed by atoms with E-state index in [1.54, 1.807) is 0 Å². The molecule has 94 valence electrons. The molecule has 4 nitrogen and oxygen atoms in total. The Hall–Kier alpha value is -1.84. The van der Waals surface area contributed by atoms with Crippen molar-refractivity contribution in [1.29, 1.82) is 0 Å². The van der Waals surface area contributed by atoms with Crippen LogP contribution in [0.2, 0.25) is 0 Å². The molecule has 1 N–H and O–H groups in total. The van der Waals surface area contributed by atoms with Gasteiger partial charge in [0.05, 0.1) is 0 Å². The van der Waals surface area contributed by atoms with Gasteiger partial charge in [-0.3, -0.25) is 4.79 Å². The van der Waals surface area contributed by atoms with Crippen LogP contribution in [0.5, 0.6) is 0 Å². The number of nitrogens with one attached hydrogen (secondary N) is 1. The molecule has 1 aliphatic rings. The van der Waals surface area contributed by atoms with Crippen LogP contribution in [0.25, 0.3) is 11.1 Å². The standard InChI is InChI=1S/C14H16N2O2/c17-14(11-2-1-3-11)15-7-6-10-4-5-13-12(8-10)16-9-18-13/h4-5,8-9,11H,1-3,6-7H2,(H,15,17). The average molecular weight is 244 g/mol. The molecule has 1 saturated carbocycles. The maximum absolute atomic E-state index is 11.6. The monoisotopic (exact) mass is 244 g/mol. The summed E-state index contributed by atoms with van der Waals surface area (Å²) in [5.41, 5.74) is 2.85. The highest BCUT2D eigenvalue weighted by atomic mass is 16.3. The van der Waals surface area contributed by atoms with Crippen molar-refractivity contribution in [3.63, 3.8) is 0 Å². The third-order valence-corrected chi connectivity index (χ3v) is 3.58. The number of carbonyl (C=O) groups excluding carboxylic acids is 1. The van der Waals surface area contributed by atoms with Gasteiger partial charge in [0.15, 0.2) is 12.0 Å². The Morgan fingerprint density at radius 2 is 2.33 bits per heavy atom. The minimum atomic E-state index is 0.212. The summed E-state index contributed by atoms with van der Waals surface area (Å²) in [6.45, 7) is 0.693. The lowest BCUT2D eigenvalue weighted by Gasteiger charge is -2.23. The molecule has 3 rings (SSSR count). The predicted molar refractivity (Wildman–Crippen MR) is 68.1 cm³/mol. The minimum Gasteiger partial charge on any atom is -0.443 e. The van der Waals surface area contributed by atoms with Crippen molar-refractivity contribution in [2.75, 3.05) is 6.54 Å². The summed E-state index contributed by atoms with van der Waals surface area (Å²) in [6.07, 6.45) is 5.59. The summed E-state index contributed by atoms with van der Waals surface area (Å²) in [6, 6.07) is 5.95. The molecule has 1 heterocycles. The SMILES string of the molecule is O=C(NCCc1ccc2ocnc2c1)C1CCC1. The number of oxazole rings is 1. The van der Waals surface area contributed by atoms with Gasteiger partial charge in [-0.1, -0.05) is 12.5 Å². The molecule has 1 amide bonds. The summed E-state index contributed by atoms with van der Waals surface area (Å²) >= 11 is 0. The first kappa shape index (κ1) is 11.3. The van der Waals surface area contributed by atoms with Crippen molar-refractivity contribution in [3.8, 4) is 0 Å². The van der Waals surface area contributed by atoms with Crippen molar-refractivity contribution in [1.82, 2.24) is 10.3 Å². The van der Waals surface area contributed by atoms with Crippen LogP contribution in [-0.2, 0) is 11.2 Å². The van der Waals surface area contributed by atoms with Gasteiger partial charge in [0.25, 0.3) is 0 Å². The highest BCUT2D eigenvalue weighted by molar-refractivity contribution is 5.79. The Morgan fingerprint density at radius 3 is 3.11 bits per heavy atom. The first-order valence-corrected chi connectivity index (χ1v) is 6.43. The molecule has 4 heteroatoms. The normalized spacial score (nSPS) is 15.6. The fourth-order valence-electron chi connectivity index (χ4n) is 2.20. The lowest BCUT2D eigenvalue weighted by atomic mass is 9.85. The predicted octanol–water partition coefficient (Wildman–Crippen LogP) is 2.29. The summed E-state index contributed by atoms with van der Waals surface area (Å²) in [4.78, 5) is 15.8. The summed E-state index contributed by atoms with van der Waals surface area (Å²) in [7, 11) is 0. The van der Waals surface area contributed by atoms with E-state index >= 15 is 0 Å². The smallest absolute Gasteiger partial charge is 0.223 e. The second kappa shape index (κ2) is 4.80. The van der Waals surface area contributed by atoms with Gasteiger partial charge in [0.2, 0.25) is 5.91 Å². The van der Waals surface area contributed by atoms with E-state index in [1.807, 2.05) is 18.2 Å². The fraction of sp³-hybridized carbons (Fsp3) is 0.429. The van der Waals surface area contributed by atoms with Crippen LogP contribution in [0.4, 0.5) is 0 Å². The lowest BCUT2D eigenvalue weighted by Crippen LogP contribution is -2.35. The molecule has 0 aliphatic heterocycles. The highest BCUT2D eigenvalue weighted by Gasteiger charge is 2.24. The molecule has 0 bridgehead atoms. The maximum Gasteiger partial charge on any atom is 0.223 e. The van der Waals surface area contributed by atoms with Gasteiger partial charge < -0.3 is 9.73 Å². The first-order valence-electron chi connectivity index (χ1n) is 6.43. The Balaban J connectivity index is 1.54. The molecule has 0 spiro atoms. The number of benzene rings is 1.